The highest BCUT2D eigenvalue weighted by atomic mass is 32.1. The number of esters is 3. The molecule has 3 rings (SSSR count). The number of rotatable bonds is 14. The highest BCUT2D eigenvalue weighted by molar-refractivity contribution is 7.78. The van der Waals surface area contributed by atoms with E-state index in [0.29, 0.717) is 6.42 Å². The molecule has 0 bridgehead atoms. The van der Waals surface area contributed by atoms with Gasteiger partial charge in [0, 0.05) is 20.5 Å². The minimum absolute atomic E-state index is 0.323. The Balaban J connectivity index is 2.14. The zero-order valence-electron chi connectivity index (χ0n) is 30.7. The van der Waals surface area contributed by atoms with Crippen molar-refractivity contribution in [2.75, 3.05) is 13.7 Å². The number of nitrogens with zero attached hydrogens (tertiary/aromatic N) is 1. The van der Waals surface area contributed by atoms with Gasteiger partial charge in [0.25, 0.3) is 0 Å². The van der Waals surface area contributed by atoms with Gasteiger partial charge in [0.15, 0.2) is 35.1 Å². The molecule has 0 saturated carbocycles. The van der Waals surface area contributed by atoms with Gasteiger partial charge in [-0.1, -0.05) is 19.9 Å². The van der Waals surface area contributed by atoms with Crippen molar-refractivity contribution >= 4 is 52.8 Å². The number of Topliss-reactive ketones (excluding diaryl/α,β-unsaturated/α-hetero) is 1. The minimum Gasteiger partial charge on any atom is -0.508 e. The average molecular weight is 787 g/mol. The Morgan fingerprint density at radius 1 is 1.19 bits per heavy atom. The SMILES string of the molecule is C/C=C(/N=C=S)C(=O)O[C@H]1[C@@H](O[C@H]2C[C@H](OC)[C@@](O)([C@@H](C)OC(=O)[C@@H](C)CC)[C@H](C)O2)[C@@H](O)C([C@@]2(O)CC(=O)C(=N)C(C(=O)O)=C2O)O[C@@H]1COC(C)=O. The van der Waals surface area contributed by atoms with Crippen LogP contribution in [-0.4, -0.2) is 146 Å². The molecular weight excluding hydrogens is 740 g/mol. The molecule has 54 heavy (non-hydrogen) atoms. The number of carbonyl (C=O) groups excluding carboxylic acids is 4. The van der Waals surface area contributed by atoms with Gasteiger partial charge in [-0.05, 0) is 39.4 Å². The van der Waals surface area contributed by atoms with Crippen LogP contribution in [0.15, 0.2) is 28.1 Å². The minimum atomic E-state index is -3.03. The molecule has 0 radical (unpaired) electrons. The number of hydrogen-bond donors (Lipinski definition) is 6. The van der Waals surface area contributed by atoms with Gasteiger partial charge in [-0.2, -0.15) is 4.99 Å². The Labute approximate surface area is 315 Å². The zero-order chi connectivity index (χ0) is 40.9. The number of thiocarbonyl (C=S) groups is 1. The zero-order valence-corrected chi connectivity index (χ0v) is 31.5. The Bertz CT molecular complexity index is 1610. The molecule has 20 heteroatoms. The summed E-state index contributed by atoms with van der Waals surface area (Å²) < 4.78 is 40.0. The predicted octanol–water partition coefficient (Wildman–Crippen LogP) is 0.461. The van der Waals surface area contributed by atoms with E-state index >= 15 is 0 Å². The van der Waals surface area contributed by atoms with Crippen molar-refractivity contribution in [1.82, 2.24) is 0 Å². The number of ketones is 1. The van der Waals surface area contributed by atoms with Crippen LogP contribution in [0.3, 0.4) is 0 Å². The lowest BCUT2D eigenvalue weighted by Gasteiger charge is -2.52. The van der Waals surface area contributed by atoms with Gasteiger partial charge in [-0.25, -0.2) is 9.59 Å². The molecule has 6 N–H and O–H groups in total. The number of ether oxygens (including phenoxy) is 7. The van der Waals surface area contributed by atoms with Crippen molar-refractivity contribution < 1.29 is 82.7 Å². The standard InChI is InChI=1S/C34H46N2O17S/c1-8-14(3)31(43)50-16(5)34(46)15(4)49-22(10-21(34)47-7)52-27-25(39)29(33(45)11-19(38)24(35)23(28(33)40)30(41)42)51-20(12-48-17(6)37)26(27)53-32(44)18(9-2)36-13-54/h9,14-16,20-22,25-27,29,35,39-40,45-46H,8,10-12H2,1-7H3,(H,41,42)/b18-9+,35-24?/t14-,15-,16+,20+,21-,22-,25+,26+,27-,29?,33+,34-/m0/s1. The van der Waals surface area contributed by atoms with Gasteiger partial charge >= 0.3 is 23.9 Å². The number of carboxylic acid groups (broad SMARTS) is 1. The Morgan fingerprint density at radius 2 is 1.83 bits per heavy atom. The molecule has 300 valence electrons. The first-order valence-corrected chi connectivity index (χ1v) is 17.3. The van der Waals surface area contributed by atoms with Gasteiger partial charge in [-0.3, -0.25) is 19.8 Å². The van der Waals surface area contributed by atoms with Gasteiger partial charge in [0.2, 0.25) is 0 Å². The summed E-state index contributed by atoms with van der Waals surface area (Å²) in [5.41, 5.74) is -7.74. The highest BCUT2D eigenvalue weighted by Crippen LogP contribution is 2.42. The second-order valence-electron chi connectivity index (χ2n) is 13.1. The number of hydrogen-bond acceptors (Lipinski definition) is 19. The van der Waals surface area contributed by atoms with E-state index in [0.717, 1.165) is 6.92 Å². The molecule has 2 fully saturated rings. The maximum atomic E-state index is 13.3. The van der Waals surface area contributed by atoms with Crippen molar-refractivity contribution in [2.24, 2.45) is 10.9 Å². The van der Waals surface area contributed by atoms with E-state index in [1.54, 1.807) is 13.8 Å². The lowest BCUT2D eigenvalue weighted by Crippen LogP contribution is -2.70. The van der Waals surface area contributed by atoms with E-state index in [-0.39, 0.29) is 12.1 Å². The third kappa shape index (κ3) is 8.93. The van der Waals surface area contributed by atoms with E-state index in [1.807, 2.05) is 5.16 Å². The van der Waals surface area contributed by atoms with Crippen molar-refractivity contribution in [2.45, 2.75) is 127 Å². The number of nitrogens with one attached hydrogen (secondary N) is 1. The normalized spacial score (nSPS) is 34.3. The van der Waals surface area contributed by atoms with Crippen molar-refractivity contribution in [3.63, 3.8) is 0 Å². The second kappa shape index (κ2) is 18.1. The van der Waals surface area contributed by atoms with Crippen molar-refractivity contribution in [1.29, 1.82) is 5.41 Å². The van der Waals surface area contributed by atoms with Gasteiger partial charge in [0.05, 0.1) is 29.7 Å². The lowest BCUT2D eigenvalue weighted by molar-refractivity contribution is -0.345. The summed E-state index contributed by atoms with van der Waals surface area (Å²) in [6.45, 7) is 8.03. The third-order valence-electron chi connectivity index (χ3n) is 9.77. The topological polar surface area (TPSA) is 287 Å². The van der Waals surface area contributed by atoms with Crippen LogP contribution >= 0.6 is 12.2 Å². The molecule has 2 aliphatic heterocycles. The van der Waals surface area contributed by atoms with Crippen molar-refractivity contribution in [3.8, 4) is 0 Å². The van der Waals surface area contributed by atoms with Gasteiger partial charge in [0.1, 0.15) is 54.2 Å². The largest absolute Gasteiger partial charge is 0.508 e. The number of aliphatic hydroxyl groups is 4. The maximum Gasteiger partial charge on any atom is 0.357 e. The van der Waals surface area contributed by atoms with Crippen molar-refractivity contribution in [3.05, 3.63) is 23.1 Å². The smallest absolute Gasteiger partial charge is 0.357 e. The molecule has 0 aromatic heterocycles. The molecule has 12 atom stereocenters. The molecule has 0 spiro atoms. The van der Waals surface area contributed by atoms with E-state index in [2.05, 4.69) is 17.2 Å². The van der Waals surface area contributed by atoms with E-state index in [9.17, 15) is 49.5 Å². The van der Waals surface area contributed by atoms with E-state index in [1.165, 1.54) is 34.0 Å². The Hall–Kier alpha value is -3.98. The Kier molecular flexibility index (Phi) is 14.9. The van der Waals surface area contributed by atoms with Gasteiger partial charge in [-0.15, -0.1) is 0 Å². The van der Waals surface area contributed by atoms with Crippen LogP contribution < -0.4 is 0 Å². The molecule has 1 aliphatic carbocycles. The first-order chi connectivity index (χ1) is 25.2. The fourth-order valence-corrected chi connectivity index (χ4v) is 6.56. The summed E-state index contributed by atoms with van der Waals surface area (Å²) >= 11 is 4.60. The van der Waals surface area contributed by atoms with Gasteiger partial charge < -0.3 is 58.7 Å². The molecule has 1 unspecified atom stereocenters. The average Bonchev–Trinajstić information content (AvgIpc) is 3.11. The summed E-state index contributed by atoms with van der Waals surface area (Å²) in [5, 5.41) is 66.2. The summed E-state index contributed by atoms with van der Waals surface area (Å²) in [6, 6.07) is 0. The van der Waals surface area contributed by atoms with E-state index < -0.39 is 132 Å². The van der Waals surface area contributed by atoms with Crippen LogP contribution in [0.2, 0.25) is 0 Å². The molecule has 0 aromatic rings. The quantitative estimate of drug-likeness (QED) is 0.0458. The first kappa shape index (κ1) is 44.4. The fraction of sp³-hybridized carbons (Fsp3) is 0.676. The number of allylic oxidation sites excluding steroid dienone is 1. The molecule has 19 nitrogen and oxygen atoms in total. The molecule has 0 amide bonds. The summed E-state index contributed by atoms with van der Waals surface area (Å²) in [7, 11) is 1.27. The lowest BCUT2D eigenvalue weighted by atomic mass is 9.74. The number of carbonyl (C=O) groups is 5. The maximum absolute atomic E-state index is 13.3. The van der Waals surface area contributed by atoms with Crippen LogP contribution in [0, 0.1) is 11.3 Å². The second-order valence-corrected chi connectivity index (χ2v) is 13.3. The number of methoxy groups -OCH3 is 1. The molecule has 3 aliphatic rings. The fourth-order valence-electron chi connectivity index (χ4n) is 6.46. The monoisotopic (exact) mass is 786 g/mol. The van der Waals surface area contributed by atoms with Crippen LogP contribution in [0.1, 0.15) is 60.8 Å². The van der Waals surface area contributed by atoms with E-state index in [4.69, 9.17) is 38.6 Å². The Morgan fingerprint density at radius 3 is 2.37 bits per heavy atom. The molecule has 2 heterocycles. The summed E-state index contributed by atoms with van der Waals surface area (Å²) in [4.78, 5) is 66.3. The number of aliphatic imine (C=N–C) groups is 1. The number of aliphatic hydroxyl groups excluding tert-OH is 2. The number of aliphatic carboxylic acids is 1. The summed E-state index contributed by atoms with van der Waals surface area (Å²) in [5.74, 6) is -7.65. The van der Waals surface area contributed by atoms with Crippen LogP contribution in [0.5, 0.6) is 0 Å². The summed E-state index contributed by atoms with van der Waals surface area (Å²) in [6.07, 6.45) is -14.5. The molecule has 2 saturated heterocycles. The first-order valence-electron chi connectivity index (χ1n) is 16.9. The van der Waals surface area contributed by atoms with Crippen LogP contribution in [-0.2, 0) is 57.1 Å². The third-order valence-corrected chi connectivity index (χ3v) is 9.86. The van der Waals surface area contributed by atoms with Crippen LogP contribution in [0.4, 0.5) is 0 Å². The molecule has 0 aromatic carbocycles. The number of isothiocyanates is 1. The highest BCUT2D eigenvalue weighted by Gasteiger charge is 2.62. The molecular formula is C34H46N2O17S. The predicted molar refractivity (Wildman–Crippen MR) is 184 cm³/mol. The number of carboxylic acids is 1. The van der Waals surface area contributed by atoms with Crippen LogP contribution in [0.25, 0.3) is 0 Å².